The van der Waals surface area contributed by atoms with E-state index in [0.717, 1.165) is 24.5 Å². The standard InChI is InChI=1S/C18H31N3O2S/c1-16(2)9-7-12-20-18(19-3)21-13-8-14-24(22,23)15-17-10-5-4-6-11-17/h4-6,10-11,16H,7-9,12-15H2,1-3H3,(H2,19,20,21). The number of hydrogen-bond acceptors (Lipinski definition) is 3. The van der Waals surface area contributed by atoms with Gasteiger partial charge in [0.25, 0.3) is 0 Å². The van der Waals surface area contributed by atoms with Gasteiger partial charge in [-0.1, -0.05) is 44.2 Å². The van der Waals surface area contributed by atoms with E-state index in [-0.39, 0.29) is 11.5 Å². The van der Waals surface area contributed by atoms with E-state index >= 15 is 0 Å². The Balaban J connectivity index is 2.23. The van der Waals surface area contributed by atoms with Gasteiger partial charge in [-0.15, -0.1) is 0 Å². The van der Waals surface area contributed by atoms with Crippen LogP contribution >= 0.6 is 0 Å². The summed E-state index contributed by atoms with van der Waals surface area (Å²) in [6.07, 6.45) is 2.85. The molecule has 0 heterocycles. The average Bonchev–Trinajstić information content (AvgIpc) is 2.53. The van der Waals surface area contributed by atoms with Gasteiger partial charge in [0.15, 0.2) is 15.8 Å². The molecule has 0 aromatic heterocycles. The Morgan fingerprint density at radius 3 is 2.29 bits per heavy atom. The van der Waals surface area contributed by atoms with Crippen molar-refractivity contribution in [2.75, 3.05) is 25.9 Å². The Hall–Kier alpha value is -1.56. The summed E-state index contributed by atoms with van der Waals surface area (Å²) in [5.74, 6) is 1.73. The fourth-order valence-electron chi connectivity index (χ4n) is 2.34. The van der Waals surface area contributed by atoms with Crippen molar-refractivity contribution in [3.63, 3.8) is 0 Å². The molecule has 0 unspecified atom stereocenters. The number of nitrogens with one attached hydrogen (secondary N) is 2. The highest BCUT2D eigenvalue weighted by molar-refractivity contribution is 7.90. The van der Waals surface area contributed by atoms with Crippen molar-refractivity contribution in [2.24, 2.45) is 10.9 Å². The minimum Gasteiger partial charge on any atom is -0.356 e. The van der Waals surface area contributed by atoms with Crippen molar-refractivity contribution in [3.05, 3.63) is 35.9 Å². The van der Waals surface area contributed by atoms with Crippen molar-refractivity contribution < 1.29 is 8.42 Å². The zero-order valence-electron chi connectivity index (χ0n) is 15.1. The maximum atomic E-state index is 12.1. The molecule has 0 amide bonds. The smallest absolute Gasteiger partial charge is 0.190 e. The van der Waals surface area contributed by atoms with Crippen LogP contribution in [0, 0.1) is 5.92 Å². The summed E-state index contributed by atoms with van der Waals surface area (Å²) in [4.78, 5) is 4.15. The molecular weight excluding hydrogens is 322 g/mol. The topological polar surface area (TPSA) is 70.6 Å². The van der Waals surface area contributed by atoms with Crippen LogP contribution in [-0.2, 0) is 15.6 Å². The van der Waals surface area contributed by atoms with Gasteiger partial charge in [-0.2, -0.15) is 0 Å². The van der Waals surface area contributed by atoms with Crippen LogP contribution in [0.1, 0.15) is 38.7 Å². The fourth-order valence-corrected chi connectivity index (χ4v) is 3.77. The molecule has 0 radical (unpaired) electrons. The summed E-state index contributed by atoms with van der Waals surface area (Å²) in [5.41, 5.74) is 0.841. The quantitative estimate of drug-likeness (QED) is 0.385. The molecule has 0 bridgehead atoms. The van der Waals surface area contributed by atoms with Crippen molar-refractivity contribution >= 4 is 15.8 Å². The van der Waals surface area contributed by atoms with Gasteiger partial charge in [0.1, 0.15) is 0 Å². The third kappa shape index (κ3) is 9.55. The number of hydrogen-bond donors (Lipinski definition) is 2. The van der Waals surface area contributed by atoms with Crippen molar-refractivity contribution in [2.45, 2.75) is 38.9 Å². The Morgan fingerprint density at radius 1 is 1.08 bits per heavy atom. The van der Waals surface area contributed by atoms with Crippen molar-refractivity contribution in [1.82, 2.24) is 10.6 Å². The second-order valence-corrected chi connectivity index (χ2v) is 8.58. The molecule has 5 nitrogen and oxygen atoms in total. The number of guanidine groups is 1. The monoisotopic (exact) mass is 353 g/mol. The van der Waals surface area contributed by atoms with Crippen molar-refractivity contribution in [3.8, 4) is 0 Å². The minimum atomic E-state index is -3.07. The van der Waals surface area contributed by atoms with E-state index in [1.165, 1.54) is 6.42 Å². The molecule has 0 aliphatic heterocycles. The molecule has 0 spiro atoms. The van der Waals surface area contributed by atoms with Crippen LogP contribution in [0.15, 0.2) is 35.3 Å². The van der Waals surface area contributed by atoms with Crippen LogP contribution in [0.4, 0.5) is 0 Å². The first kappa shape index (κ1) is 20.5. The SMILES string of the molecule is CN=C(NCCCC(C)C)NCCCS(=O)(=O)Cc1ccccc1. The summed E-state index contributed by atoms with van der Waals surface area (Å²) in [6.45, 7) is 5.90. The van der Waals surface area contributed by atoms with E-state index in [1.807, 2.05) is 30.3 Å². The minimum absolute atomic E-state index is 0.107. The van der Waals surface area contributed by atoms with Gasteiger partial charge in [-0.05, 0) is 30.7 Å². The fraction of sp³-hybridized carbons (Fsp3) is 0.611. The molecule has 24 heavy (non-hydrogen) atoms. The van der Waals surface area contributed by atoms with Gasteiger partial charge in [0.2, 0.25) is 0 Å². The molecule has 136 valence electrons. The molecule has 0 fully saturated rings. The van der Waals surface area contributed by atoms with Gasteiger partial charge in [-0.25, -0.2) is 8.42 Å². The summed E-state index contributed by atoms with van der Waals surface area (Å²) < 4.78 is 24.2. The first-order valence-corrected chi connectivity index (χ1v) is 10.4. The number of sulfone groups is 1. The average molecular weight is 354 g/mol. The lowest BCUT2D eigenvalue weighted by molar-refractivity contribution is 0.549. The van der Waals surface area contributed by atoms with Gasteiger partial charge >= 0.3 is 0 Å². The third-order valence-electron chi connectivity index (χ3n) is 3.63. The van der Waals surface area contributed by atoms with Crippen LogP contribution in [0.2, 0.25) is 0 Å². The maximum absolute atomic E-state index is 12.1. The van der Waals surface area contributed by atoms with E-state index in [0.29, 0.717) is 18.9 Å². The van der Waals surface area contributed by atoms with E-state index < -0.39 is 9.84 Å². The molecule has 0 aliphatic carbocycles. The van der Waals surface area contributed by atoms with Crippen LogP contribution in [0.3, 0.4) is 0 Å². The van der Waals surface area contributed by atoms with E-state index in [1.54, 1.807) is 7.05 Å². The normalized spacial score (nSPS) is 12.4. The predicted octanol–water partition coefficient (Wildman–Crippen LogP) is 2.59. The first-order chi connectivity index (χ1) is 11.4. The summed E-state index contributed by atoms with van der Waals surface area (Å²) in [5, 5.41) is 6.42. The molecule has 0 saturated carbocycles. The summed E-state index contributed by atoms with van der Waals surface area (Å²) >= 11 is 0. The molecule has 1 aromatic carbocycles. The highest BCUT2D eigenvalue weighted by Gasteiger charge is 2.11. The first-order valence-electron chi connectivity index (χ1n) is 8.62. The lowest BCUT2D eigenvalue weighted by atomic mass is 10.1. The molecular formula is C18H31N3O2S. The molecule has 0 atom stereocenters. The Morgan fingerprint density at radius 2 is 1.71 bits per heavy atom. The van der Waals surface area contributed by atoms with E-state index in [4.69, 9.17) is 0 Å². The Labute approximate surface area is 146 Å². The lowest BCUT2D eigenvalue weighted by Crippen LogP contribution is -2.38. The van der Waals surface area contributed by atoms with Crippen LogP contribution in [-0.4, -0.2) is 40.3 Å². The summed E-state index contributed by atoms with van der Waals surface area (Å²) in [6, 6.07) is 9.31. The highest BCUT2D eigenvalue weighted by Crippen LogP contribution is 2.07. The number of aliphatic imine (C=N–C) groups is 1. The second-order valence-electron chi connectivity index (χ2n) is 6.39. The zero-order chi connectivity index (χ0) is 17.8. The van der Waals surface area contributed by atoms with Crippen molar-refractivity contribution in [1.29, 1.82) is 0 Å². The lowest BCUT2D eigenvalue weighted by Gasteiger charge is -2.12. The third-order valence-corrected chi connectivity index (χ3v) is 5.31. The molecule has 1 rings (SSSR count). The predicted molar refractivity (Wildman–Crippen MR) is 102 cm³/mol. The molecule has 6 heteroatoms. The zero-order valence-corrected chi connectivity index (χ0v) is 15.9. The van der Waals surface area contributed by atoms with Gasteiger partial charge in [-0.3, -0.25) is 4.99 Å². The molecule has 0 aliphatic rings. The number of rotatable bonds is 10. The van der Waals surface area contributed by atoms with Gasteiger partial charge in [0.05, 0.1) is 11.5 Å². The molecule has 0 saturated heterocycles. The van der Waals surface area contributed by atoms with E-state index in [9.17, 15) is 8.42 Å². The molecule has 2 N–H and O–H groups in total. The van der Waals surface area contributed by atoms with E-state index in [2.05, 4.69) is 29.5 Å². The number of nitrogens with zero attached hydrogens (tertiary/aromatic N) is 1. The number of benzene rings is 1. The highest BCUT2D eigenvalue weighted by atomic mass is 32.2. The maximum Gasteiger partial charge on any atom is 0.190 e. The molecule has 1 aromatic rings. The van der Waals surface area contributed by atoms with Gasteiger partial charge in [0, 0.05) is 20.1 Å². The Bertz CT molecular complexity index is 584. The Kier molecular flexibility index (Phi) is 9.45. The van der Waals surface area contributed by atoms with Crippen LogP contribution in [0.5, 0.6) is 0 Å². The van der Waals surface area contributed by atoms with Crippen LogP contribution < -0.4 is 10.6 Å². The van der Waals surface area contributed by atoms with Gasteiger partial charge < -0.3 is 10.6 Å². The largest absolute Gasteiger partial charge is 0.356 e. The second kappa shape index (κ2) is 11.1. The van der Waals surface area contributed by atoms with Crippen LogP contribution in [0.25, 0.3) is 0 Å². The summed E-state index contributed by atoms with van der Waals surface area (Å²) in [7, 11) is -1.34.